The van der Waals surface area contributed by atoms with Gasteiger partial charge in [-0.2, -0.15) is 0 Å². The van der Waals surface area contributed by atoms with E-state index >= 15 is 0 Å². The summed E-state index contributed by atoms with van der Waals surface area (Å²) in [5, 5.41) is 2.55. The fourth-order valence-electron chi connectivity index (χ4n) is 3.32. The van der Waals surface area contributed by atoms with Crippen LogP contribution < -0.4 is 15.3 Å². The van der Waals surface area contributed by atoms with Crippen LogP contribution in [-0.4, -0.2) is 7.11 Å². The average Bonchev–Trinajstić information content (AvgIpc) is 2.75. The van der Waals surface area contributed by atoms with Crippen LogP contribution in [0.25, 0.3) is 22.3 Å². The van der Waals surface area contributed by atoms with E-state index in [0.717, 1.165) is 5.75 Å². The molecule has 0 radical (unpaired) electrons. The third-order valence-corrected chi connectivity index (χ3v) is 5.96. The van der Waals surface area contributed by atoms with Gasteiger partial charge >= 0.3 is 0 Å². The first-order chi connectivity index (χ1) is 13.4. The highest BCUT2D eigenvalue weighted by atomic mass is 31.1. The Morgan fingerprint density at radius 3 is 1.85 bits per heavy atom. The van der Waals surface area contributed by atoms with Crippen molar-refractivity contribution in [3.63, 3.8) is 0 Å². The Morgan fingerprint density at radius 1 is 0.556 bits per heavy atom. The quantitative estimate of drug-likeness (QED) is 0.413. The van der Waals surface area contributed by atoms with Gasteiger partial charge in [0.05, 0.1) is 7.11 Å². The molecule has 0 amide bonds. The molecule has 0 saturated heterocycles. The summed E-state index contributed by atoms with van der Waals surface area (Å²) in [5.74, 6) is 0.944. The Kier molecular flexibility index (Phi) is 5.32. The molecule has 0 aliphatic carbocycles. The summed E-state index contributed by atoms with van der Waals surface area (Å²) in [7, 11) is 2.26. The zero-order chi connectivity index (χ0) is 18.5. The minimum Gasteiger partial charge on any atom is -0.496 e. The Bertz CT molecular complexity index is 1030. The normalized spacial score (nSPS) is 11.0. The van der Waals surface area contributed by atoms with E-state index in [9.17, 15) is 0 Å². The van der Waals surface area contributed by atoms with Crippen molar-refractivity contribution in [2.45, 2.75) is 0 Å². The van der Waals surface area contributed by atoms with Crippen molar-refractivity contribution in [2.75, 3.05) is 7.11 Å². The highest BCUT2D eigenvalue weighted by Gasteiger charge is 2.14. The number of benzene rings is 4. The number of hydrogen-bond donors (Lipinski definition) is 0. The van der Waals surface area contributed by atoms with E-state index in [4.69, 9.17) is 4.74 Å². The van der Waals surface area contributed by atoms with Crippen molar-refractivity contribution >= 4 is 19.2 Å². The van der Waals surface area contributed by atoms with Gasteiger partial charge in [0.1, 0.15) is 5.75 Å². The molecule has 1 atom stereocenters. The summed E-state index contributed by atoms with van der Waals surface area (Å²) < 4.78 is 5.58. The smallest absolute Gasteiger partial charge is 0.126 e. The van der Waals surface area contributed by atoms with E-state index in [0.29, 0.717) is 8.58 Å². The maximum atomic E-state index is 5.58. The predicted molar refractivity (Wildman–Crippen MR) is 118 cm³/mol. The van der Waals surface area contributed by atoms with Crippen molar-refractivity contribution in [2.24, 2.45) is 0 Å². The van der Waals surface area contributed by atoms with Crippen molar-refractivity contribution < 1.29 is 4.74 Å². The molecule has 4 aromatic carbocycles. The molecule has 132 valence electrons. The molecule has 27 heavy (non-hydrogen) atoms. The number of para-hydroxylation sites is 1. The zero-order valence-corrected chi connectivity index (χ0v) is 16.2. The molecule has 0 aliphatic heterocycles. The van der Waals surface area contributed by atoms with E-state index < -0.39 is 0 Å². The first-order valence-corrected chi connectivity index (χ1v) is 10.0. The van der Waals surface area contributed by atoms with E-state index in [1.807, 2.05) is 12.1 Å². The van der Waals surface area contributed by atoms with Crippen LogP contribution in [0.4, 0.5) is 0 Å². The minimum absolute atomic E-state index is 0.523. The van der Waals surface area contributed by atoms with Crippen LogP contribution in [0.5, 0.6) is 5.75 Å². The van der Waals surface area contributed by atoms with Crippen LogP contribution in [0, 0.1) is 0 Å². The van der Waals surface area contributed by atoms with Crippen molar-refractivity contribution in [1.29, 1.82) is 0 Å². The zero-order valence-electron chi connectivity index (χ0n) is 15.2. The monoisotopic (exact) mass is 368 g/mol. The Morgan fingerprint density at radius 2 is 1.15 bits per heavy atom. The fourth-order valence-corrected chi connectivity index (χ4v) is 4.69. The van der Waals surface area contributed by atoms with Gasteiger partial charge in [-0.05, 0) is 33.6 Å². The molecule has 4 aromatic rings. The van der Waals surface area contributed by atoms with Crippen LogP contribution in [0.3, 0.4) is 0 Å². The summed E-state index contributed by atoms with van der Waals surface area (Å²) in [6, 6.07) is 36.2. The summed E-state index contributed by atoms with van der Waals surface area (Å²) in [6.45, 7) is 0. The Balaban J connectivity index is 1.89. The lowest BCUT2D eigenvalue weighted by atomic mass is 9.94. The fraction of sp³-hybridized carbons (Fsp3) is 0.0400. The van der Waals surface area contributed by atoms with Gasteiger partial charge in [0.15, 0.2) is 0 Å². The first-order valence-electron chi connectivity index (χ1n) is 9.01. The van der Waals surface area contributed by atoms with E-state index in [1.165, 1.54) is 32.9 Å². The van der Waals surface area contributed by atoms with Crippen LogP contribution in [0.1, 0.15) is 0 Å². The van der Waals surface area contributed by atoms with Crippen LogP contribution >= 0.6 is 8.58 Å². The highest BCUT2D eigenvalue weighted by molar-refractivity contribution is 7.56. The van der Waals surface area contributed by atoms with E-state index in [-0.39, 0.29) is 0 Å². The van der Waals surface area contributed by atoms with Crippen LogP contribution in [0.15, 0.2) is 103 Å². The molecular weight excluding hydrogens is 347 g/mol. The van der Waals surface area contributed by atoms with Gasteiger partial charge in [-0.1, -0.05) is 106 Å². The van der Waals surface area contributed by atoms with Crippen molar-refractivity contribution in [3.8, 4) is 28.0 Å². The standard InChI is InChI=1S/C25H21OP/c1-26-22-16-8-9-17-23(22)27-24-18-10-15-21(19-11-4-2-5-12-19)25(24)20-13-6-3-7-14-20/h2-18,27H,1H3. The predicted octanol–water partition coefficient (Wildman–Crippen LogP) is 5.66. The number of ether oxygens (including phenoxy) is 1. The van der Waals surface area contributed by atoms with Gasteiger partial charge in [-0.25, -0.2) is 0 Å². The molecule has 4 rings (SSSR count). The highest BCUT2D eigenvalue weighted by Crippen LogP contribution is 2.34. The van der Waals surface area contributed by atoms with E-state index in [1.54, 1.807) is 7.11 Å². The maximum absolute atomic E-state index is 5.58. The lowest BCUT2D eigenvalue weighted by molar-refractivity contribution is 0.418. The molecule has 0 bridgehead atoms. The second kappa shape index (κ2) is 8.20. The average molecular weight is 368 g/mol. The summed E-state index contributed by atoms with van der Waals surface area (Å²) in [6.07, 6.45) is 0. The molecule has 0 heterocycles. The number of methoxy groups -OCH3 is 1. The van der Waals surface area contributed by atoms with Gasteiger partial charge in [-0.3, -0.25) is 0 Å². The molecule has 2 heteroatoms. The van der Waals surface area contributed by atoms with E-state index in [2.05, 4.69) is 91.0 Å². The Labute approximate surface area is 162 Å². The van der Waals surface area contributed by atoms with Gasteiger partial charge < -0.3 is 4.74 Å². The van der Waals surface area contributed by atoms with Gasteiger partial charge in [0.2, 0.25) is 0 Å². The SMILES string of the molecule is COc1ccccc1Pc1cccc(-c2ccccc2)c1-c1ccccc1. The third kappa shape index (κ3) is 3.79. The molecule has 0 aromatic heterocycles. The van der Waals surface area contributed by atoms with Gasteiger partial charge in [-0.15, -0.1) is 0 Å². The summed E-state index contributed by atoms with van der Waals surface area (Å²) in [4.78, 5) is 0. The first kappa shape index (κ1) is 17.5. The Hall–Kier alpha value is -2.89. The largest absolute Gasteiger partial charge is 0.496 e. The maximum Gasteiger partial charge on any atom is 0.126 e. The third-order valence-electron chi connectivity index (χ3n) is 4.59. The van der Waals surface area contributed by atoms with Crippen LogP contribution in [0.2, 0.25) is 0 Å². The van der Waals surface area contributed by atoms with Crippen molar-refractivity contribution in [3.05, 3.63) is 103 Å². The van der Waals surface area contributed by atoms with Gasteiger partial charge in [0, 0.05) is 5.30 Å². The molecule has 0 spiro atoms. The molecule has 0 N–H and O–H groups in total. The number of hydrogen-bond acceptors (Lipinski definition) is 1. The second-order valence-corrected chi connectivity index (χ2v) is 7.61. The second-order valence-electron chi connectivity index (χ2n) is 6.29. The molecular formula is C25H21OP. The molecule has 0 saturated carbocycles. The lowest BCUT2D eigenvalue weighted by Crippen LogP contribution is -2.10. The van der Waals surface area contributed by atoms with Gasteiger partial charge in [0.25, 0.3) is 0 Å². The lowest BCUT2D eigenvalue weighted by Gasteiger charge is -2.17. The topological polar surface area (TPSA) is 9.23 Å². The van der Waals surface area contributed by atoms with Crippen LogP contribution in [-0.2, 0) is 0 Å². The number of rotatable bonds is 5. The minimum atomic E-state index is 0.523. The summed E-state index contributed by atoms with van der Waals surface area (Å²) >= 11 is 0. The molecule has 1 unspecified atom stereocenters. The van der Waals surface area contributed by atoms with Crippen molar-refractivity contribution in [1.82, 2.24) is 0 Å². The molecule has 0 fully saturated rings. The molecule has 1 nitrogen and oxygen atoms in total. The molecule has 0 aliphatic rings. The summed E-state index contributed by atoms with van der Waals surface area (Å²) in [5.41, 5.74) is 5.05.